The Morgan fingerprint density at radius 3 is 2.14 bits per heavy atom. The number of aromatic nitrogens is 2. The maximum atomic E-state index is 12.9. The summed E-state index contributed by atoms with van der Waals surface area (Å²) in [6, 6.07) is 10.5. The van der Waals surface area contributed by atoms with Gasteiger partial charge in [-0.15, -0.1) is 0 Å². The van der Waals surface area contributed by atoms with E-state index in [4.69, 9.17) is 0 Å². The predicted molar refractivity (Wildman–Crippen MR) is 117 cm³/mol. The first-order chi connectivity index (χ1) is 14.0. The molecule has 6 nitrogen and oxygen atoms in total. The van der Waals surface area contributed by atoms with Crippen LogP contribution in [0, 0.1) is 5.92 Å². The van der Waals surface area contributed by atoms with Crippen molar-refractivity contribution in [1.29, 1.82) is 0 Å². The summed E-state index contributed by atoms with van der Waals surface area (Å²) in [5, 5.41) is 3.26. The third-order valence-corrected chi connectivity index (χ3v) is 5.82. The third kappa shape index (κ3) is 5.25. The van der Waals surface area contributed by atoms with Crippen LogP contribution in [0.25, 0.3) is 0 Å². The Kier molecular flexibility index (Phi) is 7.07. The monoisotopic (exact) mass is 395 g/mol. The van der Waals surface area contributed by atoms with Gasteiger partial charge < -0.3 is 15.1 Å². The molecule has 2 aromatic rings. The van der Waals surface area contributed by atoms with Crippen LogP contribution in [0.5, 0.6) is 0 Å². The van der Waals surface area contributed by atoms with Gasteiger partial charge in [0.2, 0.25) is 5.95 Å². The van der Waals surface area contributed by atoms with Crippen molar-refractivity contribution < 1.29 is 4.79 Å². The molecule has 1 aliphatic heterocycles. The van der Waals surface area contributed by atoms with E-state index in [0.29, 0.717) is 24.9 Å². The Morgan fingerprint density at radius 2 is 1.59 bits per heavy atom. The first kappa shape index (κ1) is 21.1. The molecule has 0 spiro atoms. The molecule has 0 bridgehead atoms. The van der Waals surface area contributed by atoms with Gasteiger partial charge in [0.1, 0.15) is 0 Å². The zero-order valence-electron chi connectivity index (χ0n) is 18.0. The molecule has 0 aliphatic carbocycles. The average molecular weight is 396 g/mol. The zero-order chi connectivity index (χ0) is 20.8. The fourth-order valence-electron chi connectivity index (χ4n) is 3.69. The Bertz CT molecular complexity index is 770. The van der Waals surface area contributed by atoms with E-state index in [1.54, 1.807) is 12.4 Å². The molecule has 6 heteroatoms. The highest BCUT2D eigenvalue weighted by atomic mass is 16.2. The maximum Gasteiger partial charge on any atom is 0.318 e. The number of urea groups is 1. The predicted octanol–water partition coefficient (Wildman–Crippen LogP) is 4.22. The summed E-state index contributed by atoms with van der Waals surface area (Å²) in [5.74, 6) is 1.60. The number of rotatable bonds is 6. The molecule has 2 atom stereocenters. The highest BCUT2D eigenvalue weighted by Gasteiger charge is 2.26. The summed E-state index contributed by atoms with van der Waals surface area (Å²) in [5.41, 5.74) is 2.51. The molecular weight excluding hydrogens is 362 g/mol. The number of amides is 2. The molecule has 2 heterocycles. The number of benzene rings is 1. The molecule has 1 N–H and O–H groups in total. The van der Waals surface area contributed by atoms with Crippen LogP contribution in [0.2, 0.25) is 0 Å². The normalized spacial score (nSPS) is 16.6. The Balaban J connectivity index is 1.60. The fraction of sp³-hybridized carbons (Fsp3) is 0.522. The quantitative estimate of drug-likeness (QED) is 0.795. The Morgan fingerprint density at radius 1 is 1.00 bits per heavy atom. The molecule has 1 saturated heterocycles. The van der Waals surface area contributed by atoms with Gasteiger partial charge >= 0.3 is 6.03 Å². The summed E-state index contributed by atoms with van der Waals surface area (Å²) in [4.78, 5) is 25.5. The van der Waals surface area contributed by atoms with Crippen molar-refractivity contribution in [3.05, 3.63) is 53.9 Å². The Hall–Kier alpha value is -2.63. The van der Waals surface area contributed by atoms with E-state index in [-0.39, 0.29) is 12.1 Å². The molecule has 1 aromatic heterocycles. The van der Waals surface area contributed by atoms with E-state index in [0.717, 1.165) is 31.0 Å². The van der Waals surface area contributed by atoms with Crippen molar-refractivity contribution in [2.45, 2.75) is 46.1 Å². The summed E-state index contributed by atoms with van der Waals surface area (Å²) in [6.07, 6.45) is 4.63. The number of nitrogens with zero attached hydrogens (tertiary/aromatic N) is 4. The minimum Gasteiger partial charge on any atom is -0.337 e. The van der Waals surface area contributed by atoms with E-state index >= 15 is 0 Å². The van der Waals surface area contributed by atoms with E-state index < -0.39 is 0 Å². The topological polar surface area (TPSA) is 61.4 Å². The number of nitrogens with one attached hydrogen (secondary N) is 1. The largest absolute Gasteiger partial charge is 0.337 e. The van der Waals surface area contributed by atoms with Crippen molar-refractivity contribution in [1.82, 2.24) is 20.2 Å². The molecule has 1 aliphatic rings. The van der Waals surface area contributed by atoms with Crippen LogP contribution >= 0.6 is 0 Å². The van der Waals surface area contributed by atoms with Crippen molar-refractivity contribution in [3.63, 3.8) is 0 Å². The van der Waals surface area contributed by atoms with Gasteiger partial charge in [-0.3, -0.25) is 0 Å². The van der Waals surface area contributed by atoms with Crippen LogP contribution in [0.3, 0.4) is 0 Å². The van der Waals surface area contributed by atoms with E-state index in [2.05, 4.69) is 72.1 Å². The van der Waals surface area contributed by atoms with Gasteiger partial charge in [0.15, 0.2) is 0 Å². The molecule has 1 aromatic carbocycles. The van der Waals surface area contributed by atoms with Gasteiger partial charge in [0.05, 0.1) is 6.04 Å². The lowest BCUT2D eigenvalue weighted by molar-refractivity contribution is 0.186. The van der Waals surface area contributed by atoms with Crippen molar-refractivity contribution >= 4 is 12.0 Å². The first-order valence-electron chi connectivity index (χ1n) is 10.7. The molecule has 0 saturated carbocycles. The summed E-state index contributed by atoms with van der Waals surface area (Å²) in [7, 11) is 0. The van der Waals surface area contributed by atoms with Crippen molar-refractivity contribution in [3.8, 4) is 0 Å². The summed E-state index contributed by atoms with van der Waals surface area (Å²) >= 11 is 0. The second-order valence-electron chi connectivity index (χ2n) is 8.17. The minimum absolute atomic E-state index is 0.00309. The summed E-state index contributed by atoms with van der Waals surface area (Å²) < 4.78 is 0. The standard InChI is InChI=1S/C23H33N5O/c1-5-18(4)19-7-9-20(10-8-19)21(17(2)3)26-23(29)28-15-13-27(14-16-28)22-24-11-6-12-25-22/h6-12,17-18,21H,5,13-16H2,1-4H3,(H,26,29)/t18-,21+/m1/s1. The van der Waals surface area contributed by atoms with Crippen LogP contribution in [-0.4, -0.2) is 47.1 Å². The van der Waals surface area contributed by atoms with Crippen LogP contribution in [-0.2, 0) is 0 Å². The zero-order valence-corrected chi connectivity index (χ0v) is 18.0. The molecular formula is C23H33N5O. The second-order valence-corrected chi connectivity index (χ2v) is 8.17. The molecule has 0 unspecified atom stereocenters. The van der Waals surface area contributed by atoms with Crippen LogP contribution < -0.4 is 10.2 Å². The highest BCUT2D eigenvalue weighted by Crippen LogP contribution is 2.25. The number of carbonyl (C=O) groups excluding carboxylic acids is 1. The van der Waals surface area contributed by atoms with Crippen molar-refractivity contribution in [2.75, 3.05) is 31.1 Å². The molecule has 3 rings (SSSR count). The van der Waals surface area contributed by atoms with Crippen LogP contribution in [0.4, 0.5) is 10.7 Å². The molecule has 2 amide bonds. The number of hydrogen-bond donors (Lipinski definition) is 1. The lowest BCUT2D eigenvalue weighted by Crippen LogP contribution is -2.53. The second kappa shape index (κ2) is 9.72. The molecule has 29 heavy (non-hydrogen) atoms. The van der Waals surface area contributed by atoms with Gasteiger partial charge in [-0.25, -0.2) is 14.8 Å². The number of piperazine rings is 1. The first-order valence-corrected chi connectivity index (χ1v) is 10.7. The smallest absolute Gasteiger partial charge is 0.318 e. The highest BCUT2D eigenvalue weighted by molar-refractivity contribution is 5.75. The lowest BCUT2D eigenvalue weighted by atomic mass is 9.92. The van der Waals surface area contributed by atoms with E-state index in [9.17, 15) is 4.79 Å². The fourth-order valence-corrected chi connectivity index (χ4v) is 3.69. The molecule has 0 radical (unpaired) electrons. The van der Waals surface area contributed by atoms with Crippen molar-refractivity contribution in [2.24, 2.45) is 5.92 Å². The molecule has 1 fully saturated rings. The lowest BCUT2D eigenvalue weighted by Gasteiger charge is -2.36. The third-order valence-electron chi connectivity index (χ3n) is 5.82. The van der Waals surface area contributed by atoms with Crippen LogP contribution in [0.15, 0.2) is 42.7 Å². The maximum absolute atomic E-state index is 12.9. The van der Waals surface area contributed by atoms with Gasteiger partial charge in [-0.1, -0.05) is 52.0 Å². The van der Waals surface area contributed by atoms with Gasteiger partial charge in [-0.05, 0) is 35.4 Å². The van der Waals surface area contributed by atoms with E-state index in [1.807, 2.05) is 11.0 Å². The van der Waals surface area contributed by atoms with Gasteiger partial charge in [0.25, 0.3) is 0 Å². The number of anilines is 1. The van der Waals surface area contributed by atoms with Crippen LogP contribution in [0.1, 0.15) is 57.2 Å². The average Bonchev–Trinajstić information content (AvgIpc) is 2.77. The Labute approximate surface area is 174 Å². The summed E-state index contributed by atoms with van der Waals surface area (Å²) in [6.45, 7) is 11.6. The van der Waals surface area contributed by atoms with Gasteiger partial charge in [0, 0.05) is 38.6 Å². The van der Waals surface area contributed by atoms with E-state index in [1.165, 1.54) is 5.56 Å². The van der Waals surface area contributed by atoms with Gasteiger partial charge in [-0.2, -0.15) is 0 Å². The minimum atomic E-state index is 0.00309. The molecule has 156 valence electrons. The number of carbonyl (C=O) groups is 1. The SMILES string of the molecule is CC[C@@H](C)c1ccc([C@@H](NC(=O)N2CCN(c3ncccn3)CC2)C(C)C)cc1. The number of hydrogen-bond acceptors (Lipinski definition) is 4.